The predicted molar refractivity (Wildman–Crippen MR) is 102 cm³/mol. The zero-order valence-electron chi connectivity index (χ0n) is 14.0. The monoisotopic (exact) mass is 353 g/mol. The molecule has 0 saturated heterocycles. The fourth-order valence-electron chi connectivity index (χ4n) is 2.29. The van der Waals surface area contributed by atoms with E-state index in [4.69, 9.17) is 10.5 Å². The van der Waals surface area contributed by atoms with E-state index in [1.807, 2.05) is 60.8 Å². The molecule has 5 nitrogen and oxygen atoms in total. The van der Waals surface area contributed by atoms with Gasteiger partial charge in [0.2, 0.25) is 0 Å². The summed E-state index contributed by atoms with van der Waals surface area (Å²) in [6, 6.07) is 15.1. The number of nitrogens with two attached hydrogens (primary N) is 1. The number of carbonyl (C=O) groups is 1. The number of rotatable bonds is 5. The van der Waals surface area contributed by atoms with Crippen molar-refractivity contribution in [3.05, 3.63) is 59.5 Å². The first-order valence-corrected chi connectivity index (χ1v) is 8.75. The highest BCUT2D eigenvalue weighted by atomic mass is 32.1. The second-order valence-electron chi connectivity index (χ2n) is 5.71. The third-order valence-corrected chi connectivity index (χ3v) is 4.33. The number of nitrogen functional groups attached to an aromatic ring is 1. The summed E-state index contributed by atoms with van der Waals surface area (Å²) in [6.07, 6.45) is -0.628. The Bertz CT molecular complexity index is 874. The predicted octanol–water partition coefficient (Wildman–Crippen LogP) is 4.11. The normalized spacial score (nSPS) is 11.8. The molecule has 1 atom stereocenters. The third kappa shape index (κ3) is 4.36. The van der Waals surface area contributed by atoms with Crippen LogP contribution in [0.25, 0.3) is 11.3 Å². The lowest BCUT2D eigenvalue weighted by atomic mass is 10.1. The number of ether oxygens (including phenoxy) is 1. The molecule has 3 aromatic rings. The Hall–Kier alpha value is -2.86. The van der Waals surface area contributed by atoms with Gasteiger partial charge >= 0.3 is 0 Å². The Morgan fingerprint density at radius 1 is 1.24 bits per heavy atom. The van der Waals surface area contributed by atoms with Crippen LogP contribution in [0.4, 0.5) is 10.8 Å². The van der Waals surface area contributed by atoms with Crippen molar-refractivity contribution in [2.45, 2.75) is 20.0 Å². The lowest BCUT2D eigenvalue weighted by molar-refractivity contribution is -0.122. The van der Waals surface area contributed by atoms with Crippen molar-refractivity contribution in [2.24, 2.45) is 0 Å². The molecular formula is C19H19N3O2S. The average molecular weight is 353 g/mol. The van der Waals surface area contributed by atoms with E-state index in [1.165, 1.54) is 11.3 Å². The van der Waals surface area contributed by atoms with Gasteiger partial charge in [-0.15, -0.1) is 11.3 Å². The summed E-state index contributed by atoms with van der Waals surface area (Å²) >= 11 is 1.39. The summed E-state index contributed by atoms with van der Waals surface area (Å²) in [7, 11) is 0. The molecule has 0 saturated carbocycles. The standard InChI is InChI=1S/C19H19N3O2S/c1-12-6-8-15(9-7-12)21-18(23)13(2)24-16-5-3-4-14(10-16)17-11-25-19(20)22-17/h3-11,13H,1-2H3,(H2,20,22)(H,21,23). The molecular weight excluding hydrogens is 334 g/mol. The number of anilines is 2. The summed E-state index contributed by atoms with van der Waals surface area (Å²) in [5.74, 6) is 0.405. The molecule has 128 valence electrons. The molecule has 1 heterocycles. The molecule has 0 aliphatic carbocycles. The molecule has 0 aliphatic rings. The number of nitrogens with one attached hydrogen (secondary N) is 1. The lowest BCUT2D eigenvalue weighted by Crippen LogP contribution is -2.30. The van der Waals surface area contributed by atoms with Crippen molar-refractivity contribution in [3.8, 4) is 17.0 Å². The Labute approximate surface area is 150 Å². The van der Waals surface area contributed by atoms with Crippen molar-refractivity contribution in [1.82, 2.24) is 4.98 Å². The van der Waals surface area contributed by atoms with Gasteiger partial charge in [0.05, 0.1) is 5.69 Å². The van der Waals surface area contributed by atoms with E-state index in [-0.39, 0.29) is 5.91 Å². The molecule has 2 aromatic carbocycles. The maximum Gasteiger partial charge on any atom is 0.265 e. The molecule has 25 heavy (non-hydrogen) atoms. The number of aromatic nitrogens is 1. The molecule has 1 amide bonds. The first-order chi connectivity index (χ1) is 12.0. The van der Waals surface area contributed by atoms with Crippen LogP contribution < -0.4 is 15.8 Å². The molecule has 1 unspecified atom stereocenters. The van der Waals surface area contributed by atoms with Gasteiger partial charge in [0.1, 0.15) is 5.75 Å². The van der Waals surface area contributed by atoms with Gasteiger partial charge in [-0.2, -0.15) is 0 Å². The highest BCUT2D eigenvalue weighted by Crippen LogP contribution is 2.26. The van der Waals surface area contributed by atoms with Gasteiger partial charge in [-0.3, -0.25) is 4.79 Å². The average Bonchev–Trinajstić information content (AvgIpc) is 3.03. The fourth-order valence-corrected chi connectivity index (χ4v) is 2.86. The molecule has 0 aliphatic heterocycles. The van der Waals surface area contributed by atoms with Crippen LogP contribution in [-0.4, -0.2) is 17.0 Å². The zero-order chi connectivity index (χ0) is 17.8. The molecule has 0 spiro atoms. The van der Waals surface area contributed by atoms with Gasteiger partial charge in [0.15, 0.2) is 11.2 Å². The van der Waals surface area contributed by atoms with E-state index >= 15 is 0 Å². The first-order valence-electron chi connectivity index (χ1n) is 7.87. The van der Waals surface area contributed by atoms with Crippen molar-refractivity contribution >= 4 is 28.1 Å². The van der Waals surface area contributed by atoms with Gasteiger partial charge in [-0.05, 0) is 38.1 Å². The summed E-state index contributed by atoms with van der Waals surface area (Å²) in [5.41, 5.74) is 9.26. The van der Waals surface area contributed by atoms with Crippen LogP contribution in [0.5, 0.6) is 5.75 Å². The smallest absolute Gasteiger partial charge is 0.265 e. The number of nitrogens with zero attached hydrogens (tertiary/aromatic N) is 1. The Kier molecular flexibility index (Phi) is 5.00. The molecule has 0 radical (unpaired) electrons. The SMILES string of the molecule is Cc1ccc(NC(=O)C(C)Oc2cccc(-c3csc(N)n3)c2)cc1. The summed E-state index contributed by atoms with van der Waals surface area (Å²) in [5, 5.41) is 5.26. The van der Waals surface area contributed by atoms with Crippen LogP contribution in [0.1, 0.15) is 12.5 Å². The van der Waals surface area contributed by atoms with E-state index in [2.05, 4.69) is 10.3 Å². The molecule has 0 fully saturated rings. The van der Waals surface area contributed by atoms with Gasteiger partial charge in [0, 0.05) is 16.6 Å². The largest absolute Gasteiger partial charge is 0.481 e. The second-order valence-corrected chi connectivity index (χ2v) is 6.60. The minimum absolute atomic E-state index is 0.202. The Morgan fingerprint density at radius 3 is 2.68 bits per heavy atom. The van der Waals surface area contributed by atoms with Crippen LogP contribution >= 0.6 is 11.3 Å². The van der Waals surface area contributed by atoms with Gasteiger partial charge < -0.3 is 15.8 Å². The molecule has 6 heteroatoms. The van der Waals surface area contributed by atoms with Gasteiger partial charge in [-0.25, -0.2) is 4.98 Å². The van der Waals surface area contributed by atoms with E-state index in [0.29, 0.717) is 10.9 Å². The van der Waals surface area contributed by atoms with Crippen molar-refractivity contribution in [3.63, 3.8) is 0 Å². The minimum atomic E-state index is -0.628. The zero-order valence-corrected chi connectivity index (χ0v) is 14.8. The number of hydrogen-bond acceptors (Lipinski definition) is 5. The second kappa shape index (κ2) is 7.36. The van der Waals surface area contributed by atoms with Crippen molar-refractivity contribution in [2.75, 3.05) is 11.1 Å². The van der Waals surface area contributed by atoms with Crippen molar-refractivity contribution in [1.29, 1.82) is 0 Å². The highest BCUT2D eigenvalue weighted by molar-refractivity contribution is 7.13. The number of benzene rings is 2. The Morgan fingerprint density at radius 2 is 2.00 bits per heavy atom. The molecule has 0 bridgehead atoms. The van der Waals surface area contributed by atoms with E-state index < -0.39 is 6.10 Å². The van der Waals surface area contributed by atoms with E-state index in [0.717, 1.165) is 22.5 Å². The van der Waals surface area contributed by atoms with Crippen LogP contribution in [0.3, 0.4) is 0 Å². The van der Waals surface area contributed by atoms with Crippen LogP contribution in [-0.2, 0) is 4.79 Å². The molecule has 3 N–H and O–H groups in total. The number of hydrogen-bond donors (Lipinski definition) is 2. The van der Waals surface area contributed by atoms with E-state index in [1.54, 1.807) is 6.92 Å². The summed E-state index contributed by atoms with van der Waals surface area (Å²) in [4.78, 5) is 16.6. The quantitative estimate of drug-likeness (QED) is 0.724. The minimum Gasteiger partial charge on any atom is -0.481 e. The van der Waals surface area contributed by atoms with Crippen LogP contribution in [0, 0.1) is 6.92 Å². The number of thiazole rings is 1. The molecule has 3 rings (SSSR count). The fraction of sp³-hybridized carbons (Fsp3) is 0.158. The van der Waals surface area contributed by atoms with Gasteiger partial charge in [-0.1, -0.05) is 29.8 Å². The molecule has 1 aromatic heterocycles. The topological polar surface area (TPSA) is 77.2 Å². The summed E-state index contributed by atoms with van der Waals surface area (Å²) in [6.45, 7) is 3.72. The number of carbonyl (C=O) groups excluding carboxylic acids is 1. The highest BCUT2D eigenvalue weighted by Gasteiger charge is 2.15. The third-order valence-electron chi connectivity index (χ3n) is 3.65. The number of amides is 1. The first kappa shape index (κ1) is 17.0. The van der Waals surface area contributed by atoms with Crippen LogP contribution in [0.15, 0.2) is 53.9 Å². The Balaban J connectivity index is 1.67. The number of aryl methyl sites for hydroxylation is 1. The van der Waals surface area contributed by atoms with Crippen LogP contribution in [0.2, 0.25) is 0 Å². The summed E-state index contributed by atoms with van der Waals surface area (Å²) < 4.78 is 5.77. The van der Waals surface area contributed by atoms with E-state index in [9.17, 15) is 4.79 Å². The van der Waals surface area contributed by atoms with Gasteiger partial charge in [0.25, 0.3) is 5.91 Å². The maximum absolute atomic E-state index is 12.3. The lowest BCUT2D eigenvalue weighted by Gasteiger charge is -2.15. The van der Waals surface area contributed by atoms with Crippen molar-refractivity contribution < 1.29 is 9.53 Å². The maximum atomic E-state index is 12.3.